The number of rotatable bonds is 4. The molecule has 22 heavy (non-hydrogen) atoms. The summed E-state index contributed by atoms with van der Waals surface area (Å²) in [5.74, 6) is -0.656. The Bertz CT molecular complexity index is 804. The van der Waals surface area contributed by atoms with Crippen LogP contribution in [-0.4, -0.2) is 4.98 Å². The molecule has 0 saturated heterocycles. The number of benzene rings is 2. The maximum Gasteiger partial charge on any atom is 0.229 e. The third-order valence-corrected chi connectivity index (χ3v) is 3.34. The average Bonchev–Trinajstić information content (AvgIpc) is 2.98. The van der Waals surface area contributed by atoms with E-state index in [4.69, 9.17) is 16.0 Å². The van der Waals surface area contributed by atoms with Crippen molar-refractivity contribution in [3.05, 3.63) is 71.1 Å². The Hall–Kier alpha value is -2.40. The smallest absolute Gasteiger partial charge is 0.229 e. The van der Waals surface area contributed by atoms with Crippen LogP contribution in [0, 0.1) is 11.6 Å². The number of hydrogen-bond donors (Lipinski definition) is 1. The minimum atomic E-state index is -0.476. The molecule has 2 aromatic carbocycles. The number of hydrogen-bond acceptors (Lipinski definition) is 3. The van der Waals surface area contributed by atoms with Crippen LogP contribution >= 0.6 is 11.6 Å². The van der Waals surface area contributed by atoms with Crippen molar-refractivity contribution >= 4 is 17.3 Å². The quantitative estimate of drug-likeness (QED) is 0.744. The van der Waals surface area contributed by atoms with E-state index in [1.807, 2.05) is 0 Å². The molecule has 0 radical (unpaired) electrons. The van der Waals surface area contributed by atoms with Crippen molar-refractivity contribution in [1.29, 1.82) is 0 Å². The Morgan fingerprint density at radius 2 is 1.91 bits per heavy atom. The van der Waals surface area contributed by atoms with Gasteiger partial charge >= 0.3 is 0 Å². The highest BCUT2D eigenvalue weighted by Gasteiger charge is 2.11. The first kappa shape index (κ1) is 14.5. The van der Waals surface area contributed by atoms with Crippen molar-refractivity contribution in [1.82, 2.24) is 4.98 Å². The van der Waals surface area contributed by atoms with Crippen molar-refractivity contribution < 1.29 is 13.2 Å². The number of anilines is 1. The lowest BCUT2D eigenvalue weighted by atomic mass is 10.2. The highest BCUT2D eigenvalue weighted by Crippen LogP contribution is 2.23. The lowest BCUT2D eigenvalue weighted by Crippen LogP contribution is -2.00. The minimum absolute atomic E-state index is 0.0391. The van der Waals surface area contributed by atoms with Gasteiger partial charge in [-0.05, 0) is 30.3 Å². The van der Waals surface area contributed by atoms with Crippen LogP contribution in [0.25, 0.3) is 11.5 Å². The minimum Gasteiger partial charge on any atom is -0.444 e. The number of aromatic nitrogens is 1. The molecular formula is C16H11ClF2N2O. The van der Waals surface area contributed by atoms with Gasteiger partial charge in [-0.2, -0.15) is 0 Å². The normalized spacial score (nSPS) is 10.7. The average molecular weight is 321 g/mol. The second-order valence-electron chi connectivity index (χ2n) is 4.61. The third kappa shape index (κ3) is 3.09. The van der Waals surface area contributed by atoms with E-state index in [1.54, 1.807) is 24.3 Å². The zero-order valence-electron chi connectivity index (χ0n) is 11.3. The van der Waals surface area contributed by atoms with Crippen LogP contribution in [0.4, 0.5) is 14.5 Å². The van der Waals surface area contributed by atoms with Crippen LogP contribution in [0.1, 0.15) is 5.69 Å². The number of halogens is 3. The summed E-state index contributed by atoms with van der Waals surface area (Å²) in [6.45, 7) is 0.347. The Balaban J connectivity index is 1.72. The van der Waals surface area contributed by atoms with Gasteiger partial charge in [-0.15, -0.1) is 0 Å². The van der Waals surface area contributed by atoms with E-state index in [0.29, 0.717) is 23.5 Å². The standard InChI is InChI=1S/C16H11ClF2N2O/c17-13-7-10(5-6-15(13)19)20-8-11-9-22-16(21-11)12-3-1-2-4-14(12)18/h1-7,9,20H,8H2. The molecule has 112 valence electrons. The van der Waals surface area contributed by atoms with Gasteiger partial charge in [0.2, 0.25) is 5.89 Å². The van der Waals surface area contributed by atoms with E-state index >= 15 is 0 Å². The summed E-state index contributed by atoms with van der Waals surface area (Å²) in [5.41, 5.74) is 1.55. The largest absolute Gasteiger partial charge is 0.444 e. The van der Waals surface area contributed by atoms with Crippen LogP contribution in [-0.2, 0) is 6.54 Å². The molecule has 0 unspecified atom stereocenters. The van der Waals surface area contributed by atoms with Gasteiger partial charge in [-0.3, -0.25) is 0 Å². The summed E-state index contributed by atoms with van der Waals surface area (Å²) in [7, 11) is 0. The molecule has 0 saturated carbocycles. The Morgan fingerprint density at radius 3 is 2.68 bits per heavy atom. The second-order valence-corrected chi connectivity index (χ2v) is 5.01. The fourth-order valence-corrected chi connectivity index (χ4v) is 2.13. The highest BCUT2D eigenvalue weighted by molar-refractivity contribution is 6.31. The lowest BCUT2D eigenvalue weighted by molar-refractivity contribution is 0.561. The zero-order valence-corrected chi connectivity index (χ0v) is 12.1. The summed E-state index contributed by atoms with van der Waals surface area (Å²) in [6, 6.07) is 10.6. The molecule has 0 aliphatic heterocycles. The van der Waals surface area contributed by atoms with E-state index < -0.39 is 11.6 Å². The lowest BCUT2D eigenvalue weighted by Gasteiger charge is -2.04. The summed E-state index contributed by atoms with van der Waals surface area (Å²) < 4.78 is 32.0. The van der Waals surface area contributed by atoms with Gasteiger partial charge in [0.1, 0.15) is 17.9 Å². The molecule has 6 heteroatoms. The molecule has 1 heterocycles. The first-order chi connectivity index (χ1) is 10.6. The van der Waals surface area contributed by atoms with Crippen LogP contribution < -0.4 is 5.32 Å². The monoisotopic (exact) mass is 320 g/mol. The van der Waals surface area contributed by atoms with E-state index in [0.717, 1.165) is 0 Å². The number of oxazole rings is 1. The first-order valence-electron chi connectivity index (χ1n) is 6.52. The highest BCUT2D eigenvalue weighted by atomic mass is 35.5. The van der Waals surface area contributed by atoms with Gasteiger partial charge < -0.3 is 9.73 Å². The summed E-state index contributed by atoms with van der Waals surface area (Å²) >= 11 is 5.71. The van der Waals surface area contributed by atoms with Gasteiger partial charge in [0.25, 0.3) is 0 Å². The van der Waals surface area contributed by atoms with Crippen molar-refractivity contribution in [2.45, 2.75) is 6.54 Å². The van der Waals surface area contributed by atoms with Crippen molar-refractivity contribution in [3.8, 4) is 11.5 Å². The SMILES string of the molecule is Fc1ccc(NCc2coc(-c3ccccc3F)n2)cc1Cl. The fourth-order valence-electron chi connectivity index (χ4n) is 1.95. The molecule has 3 aromatic rings. The topological polar surface area (TPSA) is 38.1 Å². The van der Waals surface area contributed by atoms with Crippen molar-refractivity contribution in [2.24, 2.45) is 0 Å². The van der Waals surface area contributed by atoms with E-state index in [9.17, 15) is 8.78 Å². The van der Waals surface area contributed by atoms with Crippen molar-refractivity contribution in [2.75, 3.05) is 5.32 Å². The summed E-state index contributed by atoms with van der Waals surface area (Å²) in [6.07, 6.45) is 1.44. The summed E-state index contributed by atoms with van der Waals surface area (Å²) in [5, 5.41) is 3.08. The Kier molecular flexibility index (Phi) is 4.06. The second kappa shape index (κ2) is 6.15. The predicted octanol–water partition coefficient (Wildman–Crippen LogP) is 4.89. The Labute approximate surface area is 130 Å². The fraction of sp³-hybridized carbons (Fsp3) is 0.0625. The third-order valence-electron chi connectivity index (χ3n) is 3.05. The number of nitrogens with one attached hydrogen (secondary N) is 1. The van der Waals surface area contributed by atoms with Crippen LogP contribution in [0.15, 0.2) is 53.1 Å². The van der Waals surface area contributed by atoms with Gasteiger partial charge in [0.05, 0.1) is 22.8 Å². The van der Waals surface area contributed by atoms with Crippen molar-refractivity contribution in [3.63, 3.8) is 0 Å². The summed E-state index contributed by atoms with van der Waals surface area (Å²) in [4.78, 5) is 4.22. The predicted molar refractivity (Wildman–Crippen MR) is 80.6 cm³/mol. The molecule has 0 spiro atoms. The van der Waals surface area contributed by atoms with Gasteiger partial charge in [0.15, 0.2) is 0 Å². The van der Waals surface area contributed by atoms with Crippen LogP contribution in [0.5, 0.6) is 0 Å². The molecule has 1 N–H and O–H groups in total. The molecular weight excluding hydrogens is 310 g/mol. The van der Waals surface area contributed by atoms with E-state index in [2.05, 4.69) is 10.3 Å². The Morgan fingerprint density at radius 1 is 1.09 bits per heavy atom. The maximum atomic E-state index is 13.7. The molecule has 0 fully saturated rings. The molecule has 3 rings (SSSR count). The number of nitrogens with zero attached hydrogens (tertiary/aromatic N) is 1. The molecule has 0 amide bonds. The van der Waals surface area contributed by atoms with Gasteiger partial charge in [0, 0.05) is 5.69 Å². The zero-order chi connectivity index (χ0) is 15.5. The van der Waals surface area contributed by atoms with E-state index in [-0.39, 0.29) is 10.9 Å². The van der Waals surface area contributed by atoms with E-state index in [1.165, 1.54) is 24.5 Å². The molecule has 0 atom stereocenters. The van der Waals surface area contributed by atoms with Crippen LogP contribution in [0.2, 0.25) is 5.02 Å². The molecule has 1 aromatic heterocycles. The molecule has 3 nitrogen and oxygen atoms in total. The van der Waals surface area contributed by atoms with Gasteiger partial charge in [-0.25, -0.2) is 13.8 Å². The molecule has 0 aliphatic carbocycles. The van der Waals surface area contributed by atoms with Crippen LogP contribution in [0.3, 0.4) is 0 Å². The first-order valence-corrected chi connectivity index (χ1v) is 6.89. The molecule has 0 bridgehead atoms. The maximum absolute atomic E-state index is 13.7. The van der Waals surface area contributed by atoms with Gasteiger partial charge in [-0.1, -0.05) is 23.7 Å². The molecule has 0 aliphatic rings.